The number of aryl methyl sites for hydroxylation is 1. The number of hydrogen-bond donors (Lipinski definition) is 1. The molecule has 0 fully saturated rings. The van der Waals surface area contributed by atoms with E-state index in [1.807, 2.05) is 25.1 Å². The average Bonchev–Trinajstić information content (AvgIpc) is 2.36. The molecule has 0 spiro atoms. The van der Waals surface area contributed by atoms with Gasteiger partial charge in [0.1, 0.15) is 0 Å². The lowest BCUT2D eigenvalue weighted by atomic mass is 10.1. The third kappa shape index (κ3) is 5.38. The molecule has 100 valence electrons. The zero-order valence-electron chi connectivity index (χ0n) is 10.3. The quantitative estimate of drug-likeness (QED) is 0.614. The maximum atomic E-state index is 11.8. The minimum absolute atomic E-state index is 0.0620. The van der Waals surface area contributed by atoms with E-state index < -0.39 is 0 Å². The van der Waals surface area contributed by atoms with E-state index in [2.05, 4.69) is 21.2 Å². The number of benzene rings is 1. The van der Waals surface area contributed by atoms with Gasteiger partial charge < -0.3 is 10.1 Å². The van der Waals surface area contributed by atoms with Gasteiger partial charge >= 0.3 is 0 Å². The Balaban J connectivity index is 2.30. The molecule has 0 saturated carbocycles. The number of carbonyl (C=O) groups is 1. The van der Waals surface area contributed by atoms with Crippen LogP contribution >= 0.6 is 27.5 Å². The van der Waals surface area contributed by atoms with Crippen molar-refractivity contribution in [1.82, 2.24) is 5.32 Å². The van der Waals surface area contributed by atoms with Gasteiger partial charge in [0.05, 0.1) is 6.61 Å². The maximum absolute atomic E-state index is 11.8. The number of halogens is 2. The highest BCUT2D eigenvalue weighted by molar-refractivity contribution is 9.10. The zero-order valence-corrected chi connectivity index (χ0v) is 12.7. The average molecular weight is 335 g/mol. The Labute approximate surface area is 121 Å². The largest absolute Gasteiger partial charge is 0.380 e. The van der Waals surface area contributed by atoms with Crippen molar-refractivity contribution in [2.75, 3.05) is 25.6 Å². The molecule has 1 N–H and O–H groups in total. The minimum Gasteiger partial charge on any atom is -0.380 e. The Morgan fingerprint density at radius 3 is 2.89 bits per heavy atom. The predicted molar refractivity (Wildman–Crippen MR) is 77.4 cm³/mol. The normalized spacial score (nSPS) is 10.4. The first-order valence-electron chi connectivity index (χ1n) is 5.83. The van der Waals surface area contributed by atoms with Crippen molar-refractivity contribution < 1.29 is 9.53 Å². The van der Waals surface area contributed by atoms with Gasteiger partial charge in [-0.05, 0) is 31.0 Å². The van der Waals surface area contributed by atoms with Gasteiger partial charge in [0.2, 0.25) is 0 Å². The molecule has 1 rings (SSSR count). The van der Waals surface area contributed by atoms with Crippen molar-refractivity contribution in [1.29, 1.82) is 0 Å². The fourth-order valence-electron chi connectivity index (χ4n) is 1.37. The van der Waals surface area contributed by atoms with Gasteiger partial charge in [0.15, 0.2) is 0 Å². The topological polar surface area (TPSA) is 38.3 Å². The fourth-order valence-corrected chi connectivity index (χ4v) is 1.86. The molecule has 3 nitrogen and oxygen atoms in total. The van der Waals surface area contributed by atoms with E-state index in [0.717, 1.165) is 16.5 Å². The van der Waals surface area contributed by atoms with Crippen LogP contribution in [0, 0.1) is 6.92 Å². The summed E-state index contributed by atoms with van der Waals surface area (Å²) < 4.78 is 6.16. The third-order valence-corrected chi connectivity index (χ3v) is 3.42. The zero-order chi connectivity index (χ0) is 13.4. The van der Waals surface area contributed by atoms with Crippen molar-refractivity contribution >= 4 is 33.4 Å². The van der Waals surface area contributed by atoms with Crippen LogP contribution in [0.4, 0.5) is 0 Å². The molecule has 0 bridgehead atoms. The van der Waals surface area contributed by atoms with Crippen LogP contribution in [-0.4, -0.2) is 31.5 Å². The minimum atomic E-state index is -0.0620. The van der Waals surface area contributed by atoms with E-state index in [1.54, 1.807) is 0 Å². The molecule has 0 unspecified atom stereocenters. The summed E-state index contributed by atoms with van der Waals surface area (Å²) in [5.74, 6) is 0.442. The SMILES string of the molecule is Cc1ccc(C(=O)NCCCOCCCl)cc1Br. The summed E-state index contributed by atoms with van der Waals surface area (Å²) in [6.07, 6.45) is 0.787. The van der Waals surface area contributed by atoms with Gasteiger partial charge in [-0.3, -0.25) is 4.79 Å². The van der Waals surface area contributed by atoms with Gasteiger partial charge in [-0.15, -0.1) is 11.6 Å². The van der Waals surface area contributed by atoms with E-state index in [-0.39, 0.29) is 5.91 Å². The molecule has 0 saturated heterocycles. The molecule has 5 heteroatoms. The highest BCUT2D eigenvalue weighted by atomic mass is 79.9. The van der Waals surface area contributed by atoms with E-state index >= 15 is 0 Å². The number of carbonyl (C=O) groups excluding carboxylic acids is 1. The molecule has 0 aromatic heterocycles. The van der Waals surface area contributed by atoms with Crippen molar-refractivity contribution in [3.63, 3.8) is 0 Å². The summed E-state index contributed by atoms with van der Waals surface area (Å²) in [5.41, 5.74) is 1.77. The summed E-state index contributed by atoms with van der Waals surface area (Å²) in [4.78, 5) is 11.8. The van der Waals surface area contributed by atoms with E-state index in [1.165, 1.54) is 0 Å². The van der Waals surface area contributed by atoms with Crippen LogP contribution in [0.3, 0.4) is 0 Å². The molecule has 0 aliphatic heterocycles. The van der Waals surface area contributed by atoms with E-state index in [0.29, 0.717) is 31.2 Å². The van der Waals surface area contributed by atoms with Crippen molar-refractivity contribution in [2.24, 2.45) is 0 Å². The maximum Gasteiger partial charge on any atom is 0.251 e. The molecular weight excluding hydrogens is 318 g/mol. The second kappa shape index (κ2) is 8.51. The highest BCUT2D eigenvalue weighted by Gasteiger charge is 2.06. The van der Waals surface area contributed by atoms with E-state index in [9.17, 15) is 4.79 Å². The number of amides is 1. The lowest BCUT2D eigenvalue weighted by Gasteiger charge is -2.07. The van der Waals surface area contributed by atoms with Gasteiger partial charge in [-0.25, -0.2) is 0 Å². The summed E-state index contributed by atoms with van der Waals surface area (Å²) in [6, 6.07) is 5.57. The molecule has 18 heavy (non-hydrogen) atoms. The van der Waals surface area contributed by atoms with Gasteiger partial charge in [-0.1, -0.05) is 22.0 Å². The number of hydrogen-bond acceptors (Lipinski definition) is 2. The predicted octanol–water partition coefficient (Wildman–Crippen LogP) is 3.13. The van der Waals surface area contributed by atoms with Crippen LogP contribution in [0.1, 0.15) is 22.3 Å². The summed E-state index contributed by atoms with van der Waals surface area (Å²) >= 11 is 8.89. The second-order valence-corrected chi connectivity index (χ2v) is 5.11. The van der Waals surface area contributed by atoms with Crippen LogP contribution in [-0.2, 0) is 4.74 Å². The first-order chi connectivity index (χ1) is 8.65. The molecule has 0 radical (unpaired) electrons. The smallest absolute Gasteiger partial charge is 0.251 e. The lowest BCUT2D eigenvalue weighted by molar-refractivity contribution is 0.0944. The Morgan fingerprint density at radius 2 is 2.22 bits per heavy atom. The highest BCUT2D eigenvalue weighted by Crippen LogP contribution is 2.17. The number of ether oxygens (including phenoxy) is 1. The Hall–Kier alpha value is -0.580. The molecule has 0 aliphatic carbocycles. The number of alkyl halides is 1. The summed E-state index contributed by atoms with van der Waals surface area (Å²) in [6.45, 7) is 3.76. The molecule has 1 aromatic rings. The van der Waals surface area contributed by atoms with E-state index in [4.69, 9.17) is 16.3 Å². The fraction of sp³-hybridized carbons (Fsp3) is 0.462. The standard InChI is InChI=1S/C13H17BrClNO2/c1-10-3-4-11(9-12(10)14)13(17)16-6-2-7-18-8-5-15/h3-4,9H,2,5-8H2,1H3,(H,16,17). The van der Waals surface area contributed by atoms with Crippen molar-refractivity contribution in [2.45, 2.75) is 13.3 Å². The lowest BCUT2D eigenvalue weighted by Crippen LogP contribution is -2.25. The van der Waals surface area contributed by atoms with Crippen molar-refractivity contribution in [3.8, 4) is 0 Å². The van der Waals surface area contributed by atoms with Gasteiger partial charge in [0.25, 0.3) is 5.91 Å². The molecule has 0 heterocycles. The van der Waals surface area contributed by atoms with Gasteiger partial charge in [-0.2, -0.15) is 0 Å². The Morgan fingerprint density at radius 1 is 1.44 bits per heavy atom. The summed E-state index contributed by atoms with van der Waals surface area (Å²) in [5, 5.41) is 2.85. The Bertz CT molecular complexity index is 399. The van der Waals surface area contributed by atoms with Gasteiger partial charge in [0, 0.05) is 29.1 Å². The Kier molecular flexibility index (Phi) is 7.32. The molecular formula is C13H17BrClNO2. The van der Waals surface area contributed by atoms with Crippen molar-refractivity contribution in [3.05, 3.63) is 33.8 Å². The van der Waals surface area contributed by atoms with Crippen LogP contribution in [0.25, 0.3) is 0 Å². The first-order valence-corrected chi connectivity index (χ1v) is 7.16. The van der Waals surface area contributed by atoms with Crippen LogP contribution < -0.4 is 5.32 Å². The van der Waals surface area contributed by atoms with Crippen LogP contribution in [0.15, 0.2) is 22.7 Å². The number of nitrogens with one attached hydrogen (secondary N) is 1. The first kappa shape index (κ1) is 15.5. The van der Waals surface area contributed by atoms with Crippen LogP contribution in [0.2, 0.25) is 0 Å². The van der Waals surface area contributed by atoms with Crippen LogP contribution in [0.5, 0.6) is 0 Å². The molecule has 0 atom stereocenters. The number of rotatable bonds is 7. The second-order valence-electron chi connectivity index (χ2n) is 3.87. The monoisotopic (exact) mass is 333 g/mol. The third-order valence-electron chi connectivity index (χ3n) is 2.41. The molecule has 1 amide bonds. The summed E-state index contributed by atoms with van der Waals surface area (Å²) in [7, 11) is 0. The molecule has 1 aromatic carbocycles. The molecule has 0 aliphatic rings.